The Bertz CT molecular complexity index is 460. The summed E-state index contributed by atoms with van der Waals surface area (Å²) < 4.78 is 19.1. The van der Waals surface area contributed by atoms with E-state index in [2.05, 4.69) is 4.98 Å². The molecule has 2 aliphatic heterocycles. The summed E-state index contributed by atoms with van der Waals surface area (Å²) in [7, 11) is 0. The first kappa shape index (κ1) is 9.07. The first-order valence-corrected chi connectivity index (χ1v) is 5.69. The summed E-state index contributed by atoms with van der Waals surface area (Å²) in [6.07, 6.45) is 2.76. The van der Waals surface area contributed by atoms with Crippen molar-refractivity contribution in [1.82, 2.24) is 4.98 Å². The van der Waals surface area contributed by atoms with E-state index in [1.807, 2.05) is 0 Å². The quantitative estimate of drug-likeness (QED) is 0.725. The zero-order valence-electron chi connectivity index (χ0n) is 8.64. The van der Waals surface area contributed by atoms with Crippen molar-refractivity contribution < 1.29 is 14.2 Å². The Balaban J connectivity index is 1.82. The van der Waals surface area contributed by atoms with Crippen LogP contribution in [0.2, 0.25) is 0 Å². The number of aliphatic hydroxyl groups is 1. The van der Waals surface area contributed by atoms with Crippen LogP contribution in [0.4, 0.5) is 4.39 Å². The zero-order valence-corrected chi connectivity index (χ0v) is 8.64. The van der Waals surface area contributed by atoms with Gasteiger partial charge in [-0.2, -0.15) is 4.39 Å². The SMILES string of the molecule is OC1CC2(c3ccnc(F)c3)OC1C1CC12. The Morgan fingerprint density at radius 3 is 3.19 bits per heavy atom. The van der Waals surface area contributed by atoms with E-state index in [1.165, 1.54) is 12.3 Å². The lowest BCUT2D eigenvalue weighted by Crippen LogP contribution is -2.29. The van der Waals surface area contributed by atoms with Crippen LogP contribution in [0.5, 0.6) is 0 Å². The van der Waals surface area contributed by atoms with E-state index in [0.29, 0.717) is 18.3 Å². The zero-order chi connectivity index (χ0) is 10.9. The number of fused-ring (bicyclic) bond motifs is 5. The lowest BCUT2D eigenvalue weighted by Gasteiger charge is -2.27. The summed E-state index contributed by atoms with van der Waals surface area (Å²) in [5, 5.41) is 9.88. The van der Waals surface area contributed by atoms with Gasteiger partial charge in [-0.25, -0.2) is 4.98 Å². The van der Waals surface area contributed by atoms with Crippen molar-refractivity contribution in [2.75, 3.05) is 0 Å². The van der Waals surface area contributed by atoms with E-state index in [1.54, 1.807) is 6.07 Å². The molecule has 5 unspecified atom stereocenters. The van der Waals surface area contributed by atoms with Gasteiger partial charge in [0.25, 0.3) is 0 Å². The minimum absolute atomic E-state index is 0.0266. The minimum atomic E-state index is -0.475. The predicted octanol–water partition coefficient (Wildman–Crippen LogP) is 1.22. The van der Waals surface area contributed by atoms with Crippen LogP contribution in [0.3, 0.4) is 0 Å². The number of hydrogen-bond acceptors (Lipinski definition) is 3. The lowest BCUT2D eigenvalue weighted by atomic mass is 9.81. The normalized spacial score (nSPS) is 48.1. The molecule has 3 fully saturated rings. The van der Waals surface area contributed by atoms with Crippen LogP contribution < -0.4 is 0 Å². The van der Waals surface area contributed by atoms with Crippen molar-refractivity contribution in [2.45, 2.75) is 30.7 Å². The van der Waals surface area contributed by atoms with Gasteiger partial charge in [-0.1, -0.05) is 0 Å². The van der Waals surface area contributed by atoms with E-state index in [-0.39, 0.29) is 12.2 Å². The van der Waals surface area contributed by atoms with Gasteiger partial charge in [-0.3, -0.25) is 0 Å². The fourth-order valence-corrected chi connectivity index (χ4v) is 3.59. The highest BCUT2D eigenvalue weighted by Gasteiger charge is 2.71. The van der Waals surface area contributed by atoms with Crippen LogP contribution in [0.15, 0.2) is 18.3 Å². The van der Waals surface area contributed by atoms with Crippen LogP contribution in [0.25, 0.3) is 0 Å². The third-order valence-electron chi connectivity index (χ3n) is 4.31. The molecule has 2 saturated heterocycles. The summed E-state index contributed by atoms with van der Waals surface area (Å²) in [5.41, 5.74) is 0.407. The number of halogens is 1. The molecule has 0 spiro atoms. The molecule has 4 heteroatoms. The minimum Gasteiger partial charge on any atom is -0.390 e. The number of hydrogen-bond donors (Lipinski definition) is 1. The monoisotopic (exact) mass is 221 g/mol. The Morgan fingerprint density at radius 2 is 2.44 bits per heavy atom. The largest absolute Gasteiger partial charge is 0.390 e. The molecule has 1 aromatic heterocycles. The summed E-state index contributed by atoms with van der Waals surface area (Å²) in [6.45, 7) is 0. The molecule has 0 radical (unpaired) electrons. The summed E-state index contributed by atoms with van der Waals surface area (Å²) in [6, 6.07) is 3.24. The molecule has 2 bridgehead atoms. The molecule has 84 valence electrons. The van der Waals surface area contributed by atoms with E-state index >= 15 is 0 Å². The Kier molecular flexibility index (Phi) is 1.49. The molecule has 0 aromatic carbocycles. The van der Waals surface area contributed by atoms with Crippen LogP contribution in [-0.4, -0.2) is 22.3 Å². The third-order valence-corrected chi connectivity index (χ3v) is 4.31. The summed E-state index contributed by atoms with van der Waals surface area (Å²) in [5.74, 6) is 0.486. The van der Waals surface area contributed by atoms with Crippen molar-refractivity contribution in [3.05, 3.63) is 29.8 Å². The molecule has 1 N–H and O–H groups in total. The maximum Gasteiger partial charge on any atom is 0.213 e. The van der Waals surface area contributed by atoms with Crippen molar-refractivity contribution in [2.24, 2.45) is 11.8 Å². The molecular weight excluding hydrogens is 209 g/mol. The highest BCUT2D eigenvalue weighted by atomic mass is 19.1. The highest BCUT2D eigenvalue weighted by molar-refractivity contribution is 5.31. The molecule has 16 heavy (non-hydrogen) atoms. The summed E-state index contributed by atoms with van der Waals surface area (Å²) >= 11 is 0. The van der Waals surface area contributed by atoms with Crippen LogP contribution in [0, 0.1) is 17.8 Å². The van der Waals surface area contributed by atoms with Gasteiger partial charge in [-0.15, -0.1) is 0 Å². The standard InChI is InChI=1S/C12H12FNO2/c13-10-3-6(1-2-14-10)12-5-9(15)11(16-12)7-4-8(7)12/h1-3,7-9,11,15H,4-5H2. The van der Waals surface area contributed by atoms with Crippen LogP contribution in [0.1, 0.15) is 18.4 Å². The van der Waals surface area contributed by atoms with Gasteiger partial charge in [0.05, 0.1) is 17.8 Å². The Labute approximate surface area is 92.3 Å². The lowest BCUT2D eigenvalue weighted by molar-refractivity contribution is -0.0305. The van der Waals surface area contributed by atoms with E-state index < -0.39 is 11.5 Å². The highest BCUT2D eigenvalue weighted by Crippen LogP contribution is 2.68. The van der Waals surface area contributed by atoms with Crippen molar-refractivity contribution >= 4 is 0 Å². The predicted molar refractivity (Wildman–Crippen MR) is 53.0 cm³/mol. The van der Waals surface area contributed by atoms with E-state index in [4.69, 9.17) is 4.74 Å². The molecule has 1 aliphatic carbocycles. The molecule has 3 nitrogen and oxygen atoms in total. The van der Waals surface area contributed by atoms with Gasteiger partial charge < -0.3 is 9.84 Å². The smallest absolute Gasteiger partial charge is 0.213 e. The van der Waals surface area contributed by atoms with Crippen LogP contribution in [-0.2, 0) is 10.3 Å². The number of aromatic nitrogens is 1. The fraction of sp³-hybridized carbons (Fsp3) is 0.583. The average molecular weight is 221 g/mol. The number of aliphatic hydroxyl groups excluding tert-OH is 1. The number of ether oxygens (including phenoxy) is 1. The maximum absolute atomic E-state index is 13.1. The Morgan fingerprint density at radius 1 is 1.56 bits per heavy atom. The molecule has 4 rings (SSSR count). The summed E-state index contributed by atoms with van der Waals surface area (Å²) in [4.78, 5) is 3.56. The third kappa shape index (κ3) is 0.924. The Hall–Kier alpha value is -1.00. The van der Waals surface area contributed by atoms with Gasteiger partial charge in [0.2, 0.25) is 5.95 Å². The van der Waals surface area contributed by atoms with Crippen molar-refractivity contribution in [1.29, 1.82) is 0 Å². The van der Waals surface area contributed by atoms with E-state index in [9.17, 15) is 9.50 Å². The molecule has 1 aromatic rings. The van der Waals surface area contributed by atoms with Gasteiger partial charge in [0.15, 0.2) is 0 Å². The molecule has 3 heterocycles. The van der Waals surface area contributed by atoms with Crippen molar-refractivity contribution in [3.8, 4) is 0 Å². The fourth-order valence-electron chi connectivity index (χ4n) is 3.59. The second-order valence-corrected chi connectivity index (χ2v) is 5.12. The molecule has 0 amide bonds. The number of rotatable bonds is 1. The first-order chi connectivity index (χ1) is 7.71. The molecule has 5 atom stereocenters. The number of nitrogens with zero attached hydrogens (tertiary/aromatic N) is 1. The molecule has 1 saturated carbocycles. The average Bonchev–Trinajstić information content (AvgIpc) is 2.92. The topological polar surface area (TPSA) is 42.4 Å². The van der Waals surface area contributed by atoms with E-state index in [0.717, 1.165) is 12.0 Å². The van der Waals surface area contributed by atoms with Gasteiger partial charge in [0, 0.05) is 12.6 Å². The second-order valence-electron chi connectivity index (χ2n) is 5.12. The first-order valence-electron chi connectivity index (χ1n) is 5.69. The molecular formula is C12H12FNO2. The second kappa shape index (κ2) is 2.63. The van der Waals surface area contributed by atoms with Gasteiger partial charge in [0.1, 0.15) is 0 Å². The van der Waals surface area contributed by atoms with Gasteiger partial charge >= 0.3 is 0 Å². The molecule has 3 aliphatic rings. The van der Waals surface area contributed by atoms with Gasteiger partial charge in [-0.05, 0) is 36.0 Å². The maximum atomic E-state index is 13.1. The van der Waals surface area contributed by atoms with Crippen molar-refractivity contribution in [3.63, 3.8) is 0 Å². The van der Waals surface area contributed by atoms with Crippen LogP contribution >= 0.6 is 0 Å². The number of pyridine rings is 1.